The third-order valence-corrected chi connectivity index (χ3v) is 4.26. The van der Waals surface area contributed by atoms with Crippen LogP contribution in [0.25, 0.3) is 0 Å². The lowest BCUT2D eigenvalue weighted by atomic mass is 10.0. The first-order chi connectivity index (χ1) is 9.60. The van der Waals surface area contributed by atoms with Crippen molar-refractivity contribution >= 4 is 11.8 Å². The van der Waals surface area contributed by atoms with Gasteiger partial charge in [0.25, 0.3) is 0 Å². The van der Waals surface area contributed by atoms with Crippen LogP contribution in [0.2, 0.25) is 0 Å². The minimum absolute atomic E-state index is 0.101. The highest BCUT2D eigenvalue weighted by atomic mass is 32.2. The third-order valence-electron chi connectivity index (χ3n) is 3.17. The topological polar surface area (TPSA) is 12.0 Å². The Labute approximate surface area is 122 Å². The van der Waals surface area contributed by atoms with Crippen LogP contribution in [0.5, 0.6) is 0 Å². The summed E-state index contributed by atoms with van der Waals surface area (Å²) in [6.45, 7) is 1.90. The van der Waals surface area contributed by atoms with E-state index in [0.717, 1.165) is 21.8 Å². The van der Waals surface area contributed by atoms with Crippen LogP contribution in [-0.4, -0.2) is 12.8 Å². The molecule has 0 heterocycles. The number of thioether (sulfide) groups is 1. The van der Waals surface area contributed by atoms with Crippen molar-refractivity contribution in [1.29, 1.82) is 0 Å². The largest absolute Gasteiger partial charge is 0.312 e. The second kappa shape index (κ2) is 6.86. The van der Waals surface area contributed by atoms with E-state index in [1.165, 1.54) is 24.3 Å². The van der Waals surface area contributed by atoms with Crippen molar-refractivity contribution < 1.29 is 8.78 Å². The van der Waals surface area contributed by atoms with Crippen molar-refractivity contribution in [2.45, 2.75) is 17.9 Å². The minimum atomic E-state index is -0.228. The van der Waals surface area contributed by atoms with Crippen LogP contribution in [0.15, 0.2) is 47.4 Å². The number of hydrogen-bond donors (Lipinski definition) is 1. The van der Waals surface area contributed by atoms with Crippen molar-refractivity contribution in [2.75, 3.05) is 12.8 Å². The Bertz CT molecular complexity index is 586. The van der Waals surface area contributed by atoms with Crippen molar-refractivity contribution in [1.82, 2.24) is 5.32 Å². The van der Waals surface area contributed by atoms with E-state index in [1.54, 1.807) is 23.9 Å². The molecule has 0 spiro atoms. The summed E-state index contributed by atoms with van der Waals surface area (Å²) in [5.74, 6) is 0.305. The average molecular weight is 293 g/mol. The van der Waals surface area contributed by atoms with Gasteiger partial charge in [-0.25, -0.2) is 8.78 Å². The van der Waals surface area contributed by atoms with E-state index in [9.17, 15) is 8.78 Å². The average Bonchev–Trinajstić information content (AvgIpc) is 2.41. The highest BCUT2D eigenvalue weighted by Crippen LogP contribution is 2.27. The Morgan fingerprint density at radius 3 is 2.50 bits per heavy atom. The van der Waals surface area contributed by atoms with Crippen molar-refractivity contribution in [2.24, 2.45) is 0 Å². The summed E-state index contributed by atoms with van der Waals surface area (Å²) in [6, 6.07) is 11.5. The summed E-state index contributed by atoms with van der Waals surface area (Å²) < 4.78 is 26.3. The number of hydrogen-bond acceptors (Lipinski definition) is 2. The molecule has 4 heteroatoms. The quantitative estimate of drug-likeness (QED) is 0.824. The fourth-order valence-electron chi connectivity index (χ4n) is 2.10. The number of rotatable bonds is 5. The maximum absolute atomic E-state index is 13.1. The fraction of sp³-hybridized carbons (Fsp3) is 0.250. The molecule has 0 aromatic heterocycles. The second-order valence-corrected chi connectivity index (χ2v) is 5.70. The van der Waals surface area contributed by atoms with Crippen LogP contribution < -0.4 is 5.32 Å². The van der Waals surface area contributed by atoms with Crippen LogP contribution in [0.1, 0.15) is 17.2 Å². The highest BCUT2D eigenvalue weighted by Gasteiger charge is 2.13. The molecule has 1 nitrogen and oxygen atoms in total. The smallest absolute Gasteiger partial charge is 0.124 e. The van der Waals surface area contributed by atoms with E-state index in [1.807, 2.05) is 20.0 Å². The Balaban J connectivity index is 2.09. The Morgan fingerprint density at radius 2 is 1.85 bits per heavy atom. The van der Waals surface area contributed by atoms with Crippen LogP contribution in [0.4, 0.5) is 8.78 Å². The summed E-state index contributed by atoms with van der Waals surface area (Å²) >= 11 is 1.58. The number of aryl methyl sites for hydroxylation is 1. The molecule has 2 aromatic rings. The van der Waals surface area contributed by atoms with Gasteiger partial charge in [-0.3, -0.25) is 0 Å². The molecule has 0 fully saturated rings. The van der Waals surface area contributed by atoms with Gasteiger partial charge < -0.3 is 5.32 Å². The SMILES string of the molecule is CNC(CSc1cccc(F)c1)c1ccc(F)cc1C. The molecule has 2 rings (SSSR count). The van der Waals surface area contributed by atoms with E-state index in [-0.39, 0.29) is 17.7 Å². The summed E-state index contributed by atoms with van der Waals surface area (Å²) in [5.41, 5.74) is 1.99. The summed E-state index contributed by atoms with van der Waals surface area (Å²) in [4.78, 5) is 0.894. The Kier molecular flexibility index (Phi) is 5.15. The van der Waals surface area contributed by atoms with E-state index in [2.05, 4.69) is 5.32 Å². The molecule has 0 saturated carbocycles. The fourth-order valence-corrected chi connectivity index (χ4v) is 3.17. The molecule has 0 radical (unpaired) electrons. The molecular formula is C16H17F2NS. The van der Waals surface area contributed by atoms with E-state index in [4.69, 9.17) is 0 Å². The van der Waals surface area contributed by atoms with Gasteiger partial charge in [-0.1, -0.05) is 12.1 Å². The first-order valence-electron chi connectivity index (χ1n) is 6.42. The van der Waals surface area contributed by atoms with Gasteiger partial charge in [0.2, 0.25) is 0 Å². The zero-order chi connectivity index (χ0) is 14.5. The molecule has 2 aromatic carbocycles. The first kappa shape index (κ1) is 15.0. The maximum Gasteiger partial charge on any atom is 0.124 e. The lowest BCUT2D eigenvalue weighted by Crippen LogP contribution is -2.19. The van der Waals surface area contributed by atoms with E-state index in [0.29, 0.717) is 0 Å². The lowest BCUT2D eigenvalue weighted by molar-refractivity contribution is 0.617. The molecule has 0 aliphatic heterocycles. The van der Waals surface area contributed by atoms with Crippen LogP contribution in [-0.2, 0) is 0 Å². The Morgan fingerprint density at radius 1 is 1.10 bits per heavy atom. The standard InChI is InChI=1S/C16H17F2NS/c1-11-8-13(18)6-7-15(11)16(19-2)10-20-14-5-3-4-12(17)9-14/h3-9,16,19H,10H2,1-2H3. The van der Waals surface area contributed by atoms with Crippen molar-refractivity contribution in [3.63, 3.8) is 0 Å². The van der Waals surface area contributed by atoms with Crippen LogP contribution in [0.3, 0.4) is 0 Å². The number of benzene rings is 2. The Hall–Kier alpha value is -1.39. The van der Waals surface area contributed by atoms with Crippen LogP contribution >= 0.6 is 11.8 Å². The molecule has 106 valence electrons. The number of nitrogens with one attached hydrogen (secondary N) is 1. The zero-order valence-corrected chi connectivity index (χ0v) is 12.3. The molecule has 0 saturated heterocycles. The van der Waals surface area contributed by atoms with Gasteiger partial charge in [0.15, 0.2) is 0 Å². The summed E-state index contributed by atoms with van der Waals surface area (Å²) in [6.07, 6.45) is 0. The predicted molar refractivity (Wildman–Crippen MR) is 80.1 cm³/mol. The lowest BCUT2D eigenvalue weighted by Gasteiger charge is -2.18. The first-order valence-corrected chi connectivity index (χ1v) is 7.40. The minimum Gasteiger partial charge on any atom is -0.312 e. The molecule has 1 unspecified atom stereocenters. The molecule has 1 atom stereocenters. The van der Waals surface area contributed by atoms with Crippen molar-refractivity contribution in [3.05, 3.63) is 65.2 Å². The van der Waals surface area contributed by atoms with Crippen molar-refractivity contribution in [3.8, 4) is 0 Å². The van der Waals surface area contributed by atoms with Crippen LogP contribution in [0, 0.1) is 18.6 Å². The molecule has 20 heavy (non-hydrogen) atoms. The third kappa shape index (κ3) is 3.81. The normalized spacial score (nSPS) is 12.4. The predicted octanol–water partition coefficient (Wildman–Crippen LogP) is 4.33. The van der Waals surface area contributed by atoms with Gasteiger partial charge in [-0.2, -0.15) is 0 Å². The second-order valence-electron chi connectivity index (χ2n) is 4.61. The molecule has 0 aliphatic carbocycles. The summed E-state index contributed by atoms with van der Waals surface area (Å²) in [5, 5.41) is 3.23. The molecule has 0 amide bonds. The van der Waals surface area contributed by atoms with Gasteiger partial charge in [-0.15, -0.1) is 11.8 Å². The van der Waals surface area contributed by atoms with Gasteiger partial charge in [0, 0.05) is 16.7 Å². The monoisotopic (exact) mass is 293 g/mol. The molecule has 1 N–H and O–H groups in total. The van der Waals surface area contributed by atoms with Gasteiger partial charge in [-0.05, 0) is 55.4 Å². The maximum atomic E-state index is 13.1. The van der Waals surface area contributed by atoms with E-state index < -0.39 is 0 Å². The zero-order valence-electron chi connectivity index (χ0n) is 11.5. The molecule has 0 bridgehead atoms. The van der Waals surface area contributed by atoms with Gasteiger partial charge in [0.05, 0.1) is 0 Å². The molecule has 0 aliphatic rings. The number of halogens is 2. The summed E-state index contributed by atoms with van der Waals surface area (Å²) in [7, 11) is 1.87. The van der Waals surface area contributed by atoms with E-state index >= 15 is 0 Å². The molecular weight excluding hydrogens is 276 g/mol. The van der Waals surface area contributed by atoms with Gasteiger partial charge in [0.1, 0.15) is 11.6 Å². The van der Waals surface area contributed by atoms with Gasteiger partial charge >= 0.3 is 0 Å². The highest BCUT2D eigenvalue weighted by molar-refractivity contribution is 7.99.